The standard InChI is InChI=1S/C31H36N4O6/c1-8-9-13-22-26(27-23(38-5)15-12-16-24(27)39-6)29(36)28(30(37)35-22)31(32-4)41-19(2)18-25(40-7)34-20(3)21-14-10-11-17-33-21/h10-12,14-17H,2-3,8-9,13,18H2,1,4-7H3,(H2,35,36,37). The summed E-state index contributed by atoms with van der Waals surface area (Å²) in [5.41, 5.74) is 1.65. The second-order valence-electron chi connectivity index (χ2n) is 8.89. The first-order valence-electron chi connectivity index (χ1n) is 13.0. The summed E-state index contributed by atoms with van der Waals surface area (Å²) in [7, 11) is 5.96. The molecular weight excluding hydrogens is 524 g/mol. The summed E-state index contributed by atoms with van der Waals surface area (Å²) < 4.78 is 22.5. The summed E-state index contributed by atoms with van der Waals surface area (Å²) in [5, 5.41) is 11.6. The van der Waals surface area contributed by atoms with Gasteiger partial charge in [0, 0.05) is 18.9 Å². The number of nitrogens with zero attached hydrogens (tertiary/aromatic N) is 3. The van der Waals surface area contributed by atoms with Crippen molar-refractivity contribution < 1.29 is 24.1 Å². The van der Waals surface area contributed by atoms with Crippen molar-refractivity contribution in [3.63, 3.8) is 0 Å². The zero-order valence-corrected chi connectivity index (χ0v) is 24.1. The van der Waals surface area contributed by atoms with Crippen LogP contribution in [0.2, 0.25) is 0 Å². The number of aromatic hydroxyl groups is 1. The van der Waals surface area contributed by atoms with Crippen LogP contribution in [0, 0.1) is 0 Å². The lowest BCUT2D eigenvalue weighted by molar-refractivity contribution is 0.364. The van der Waals surface area contributed by atoms with Crippen LogP contribution in [0.3, 0.4) is 0 Å². The number of aryl methyl sites for hydroxylation is 1. The molecule has 0 saturated carbocycles. The number of aromatic amines is 1. The van der Waals surface area contributed by atoms with E-state index in [0.29, 0.717) is 46.1 Å². The molecule has 2 aromatic heterocycles. The molecule has 0 unspecified atom stereocenters. The average Bonchev–Trinajstić information content (AvgIpc) is 2.98. The Morgan fingerprint density at radius 1 is 1.05 bits per heavy atom. The minimum Gasteiger partial charge on any atom is -0.506 e. The number of rotatable bonds is 12. The summed E-state index contributed by atoms with van der Waals surface area (Å²) in [6.45, 7) is 9.93. The molecule has 0 amide bonds. The highest BCUT2D eigenvalue weighted by molar-refractivity contribution is 6.00. The number of pyridine rings is 2. The Balaban J connectivity index is 2.03. The van der Waals surface area contributed by atoms with E-state index in [4.69, 9.17) is 18.9 Å². The Hall–Kier alpha value is -4.86. The number of hydrogen-bond donors (Lipinski definition) is 2. The lowest BCUT2D eigenvalue weighted by atomic mass is 9.95. The first-order valence-corrected chi connectivity index (χ1v) is 13.0. The fraction of sp³-hybridized carbons (Fsp3) is 0.290. The maximum Gasteiger partial charge on any atom is 0.264 e. The van der Waals surface area contributed by atoms with Crippen molar-refractivity contribution in [1.29, 1.82) is 0 Å². The minimum absolute atomic E-state index is 0.0435. The molecular formula is C31H36N4O6. The third-order valence-electron chi connectivity index (χ3n) is 6.19. The van der Waals surface area contributed by atoms with Gasteiger partial charge in [-0.15, -0.1) is 0 Å². The predicted molar refractivity (Wildman–Crippen MR) is 161 cm³/mol. The molecule has 0 bridgehead atoms. The Bertz CT molecular complexity index is 1490. The van der Waals surface area contributed by atoms with Crippen molar-refractivity contribution in [3.8, 4) is 28.4 Å². The number of nitrogens with one attached hydrogen (secondary N) is 1. The zero-order chi connectivity index (χ0) is 29.9. The highest BCUT2D eigenvalue weighted by Gasteiger charge is 2.27. The van der Waals surface area contributed by atoms with E-state index < -0.39 is 5.56 Å². The van der Waals surface area contributed by atoms with E-state index in [1.807, 2.05) is 13.0 Å². The number of hydrogen-bond acceptors (Lipinski definition) is 9. The number of H-pyrrole nitrogens is 1. The molecule has 216 valence electrons. The van der Waals surface area contributed by atoms with Gasteiger partial charge < -0.3 is 29.0 Å². The van der Waals surface area contributed by atoms with Crippen LogP contribution in [0.25, 0.3) is 16.8 Å². The molecule has 2 heterocycles. The van der Waals surface area contributed by atoms with E-state index in [0.717, 1.165) is 12.8 Å². The number of aromatic nitrogens is 2. The van der Waals surface area contributed by atoms with Crippen molar-refractivity contribution in [2.24, 2.45) is 9.98 Å². The van der Waals surface area contributed by atoms with Gasteiger partial charge in [-0.05, 0) is 37.1 Å². The summed E-state index contributed by atoms with van der Waals surface area (Å²) in [6, 6.07) is 10.7. The Labute approximate surface area is 239 Å². The Morgan fingerprint density at radius 2 is 1.76 bits per heavy atom. The van der Waals surface area contributed by atoms with Crippen molar-refractivity contribution in [2.45, 2.75) is 32.6 Å². The summed E-state index contributed by atoms with van der Waals surface area (Å²) >= 11 is 0. The first kappa shape index (κ1) is 30.7. The number of benzene rings is 1. The molecule has 10 heteroatoms. The molecule has 3 rings (SSSR count). The number of unbranched alkanes of at least 4 members (excludes halogenated alkanes) is 1. The fourth-order valence-electron chi connectivity index (χ4n) is 4.19. The highest BCUT2D eigenvalue weighted by Crippen LogP contribution is 2.44. The third-order valence-corrected chi connectivity index (χ3v) is 6.19. The summed E-state index contributed by atoms with van der Waals surface area (Å²) in [4.78, 5) is 29.0. The topological polar surface area (TPSA) is 128 Å². The largest absolute Gasteiger partial charge is 0.506 e. The molecule has 0 radical (unpaired) electrons. The van der Waals surface area contributed by atoms with Crippen LogP contribution in [0.1, 0.15) is 43.1 Å². The van der Waals surface area contributed by atoms with E-state index in [2.05, 4.69) is 33.1 Å². The predicted octanol–water partition coefficient (Wildman–Crippen LogP) is 5.51. The van der Waals surface area contributed by atoms with E-state index >= 15 is 0 Å². The van der Waals surface area contributed by atoms with Crippen LogP contribution >= 0.6 is 0 Å². The smallest absolute Gasteiger partial charge is 0.264 e. The highest BCUT2D eigenvalue weighted by atomic mass is 16.5. The number of aliphatic imine (C=N–C) groups is 2. The molecule has 2 N–H and O–H groups in total. The number of ether oxygens (including phenoxy) is 4. The van der Waals surface area contributed by atoms with Crippen molar-refractivity contribution >= 4 is 17.5 Å². The Kier molecular flexibility index (Phi) is 10.9. The summed E-state index contributed by atoms with van der Waals surface area (Å²) in [6.07, 6.45) is 3.86. The van der Waals surface area contributed by atoms with E-state index in [-0.39, 0.29) is 35.3 Å². The van der Waals surface area contributed by atoms with Gasteiger partial charge in [0.1, 0.15) is 28.6 Å². The van der Waals surface area contributed by atoms with Crippen molar-refractivity contribution in [1.82, 2.24) is 9.97 Å². The lowest BCUT2D eigenvalue weighted by Gasteiger charge is -2.20. The fourth-order valence-corrected chi connectivity index (χ4v) is 4.19. The third kappa shape index (κ3) is 7.21. The average molecular weight is 561 g/mol. The molecule has 0 fully saturated rings. The Morgan fingerprint density at radius 3 is 2.32 bits per heavy atom. The van der Waals surface area contributed by atoms with Gasteiger partial charge in [0.15, 0.2) is 5.90 Å². The van der Waals surface area contributed by atoms with Crippen LogP contribution in [-0.4, -0.2) is 55.2 Å². The van der Waals surface area contributed by atoms with Gasteiger partial charge in [-0.1, -0.05) is 38.6 Å². The van der Waals surface area contributed by atoms with Gasteiger partial charge >= 0.3 is 0 Å². The van der Waals surface area contributed by atoms with Crippen molar-refractivity contribution in [2.75, 3.05) is 28.4 Å². The lowest BCUT2D eigenvalue weighted by Crippen LogP contribution is -2.23. The van der Waals surface area contributed by atoms with Crippen LogP contribution in [0.4, 0.5) is 0 Å². The molecule has 10 nitrogen and oxygen atoms in total. The molecule has 0 aliphatic heterocycles. The number of methoxy groups -OCH3 is 3. The first-order chi connectivity index (χ1) is 19.8. The normalized spacial score (nSPS) is 11.6. The van der Waals surface area contributed by atoms with Gasteiger partial charge in [0.2, 0.25) is 5.90 Å². The van der Waals surface area contributed by atoms with E-state index in [1.165, 1.54) is 28.4 Å². The van der Waals surface area contributed by atoms with Gasteiger partial charge in [-0.2, -0.15) is 0 Å². The maximum absolute atomic E-state index is 13.3. The van der Waals surface area contributed by atoms with E-state index in [9.17, 15) is 9.90 Å². The van der Waals surface area contributed by atoms with Crippen LogP contribution in [-0.2, 0) is 15.9 Å². The quantitative estimate of drug-likeness (QED) is 0.170. The molecule has 3 aromatic rings. The second kappa shape index (κ2) is 14.5. The van der Waals surface area contributed by atoms with E-state index in [1.54, 1.807) is 36.5 Å². The summed E-state index contributed by atoms with van der Waals surface area (Å²) in [5.74, 6) is 0.901. The maximum atomic E-state index is 13.3. The molecule has 1 aromatic carbocycles. The molecule has 0 atom stereocenters. The van der Waals surface area contributed by atoms with Gasteiger partial charge in [-0.25, -0.2) is 4.99 Å². The van der Waals surface area contributed by atoms with Gasteiger partial charge in [0.25, 0.3) is 5.56 Å². The van der Waals surface area contributed by atoms with Crippen molar-refractivity contribution in [3.05, 3.63) is 88.8 Å². The molecule has 0 aliphatic carbocycles. The van der Waals surface area contributed by atoms with Crippen LogP contribution < -0.4 is 15.0 Å². The van der Waals surface area contributed by atoms with Crippen LogP contribution in [0.15, 0.2) is 76.3 Å². The monoisotopic (exact) mass is 560 g/mol. The zero-order valence-electron chi connectivity index (χ0n) is 24.1. The van der Waals surface area contributed by atoms with Gasteiger partial charge in [0.05, 0.1) is 50.3 Å². The molecule has 0 saturated heterocycles. The molecule has 0 spiro atoms. The molecule has 0 aliphatic rings. The SMILES string of the molecule is C=C(CC(=NC(=C)c1ccccn1)OC)OC(=NC)c1c(O)c(-c2c(OC)cccc2OC)c(CCCC)[nH]c1=O. The minimum atomic E-state index is -0.566. The van der Waals surface area contributed by atoms with Crippen LogP contribution in [0.5, 0.6) is 17.2 Å². The second-order valence-corrected chi connectivity index (χ2v) is 8.89. The molecule has 41 heavy (non-hydrogen) atoms. The van der Waals surface area contributed by atoms with Gasteiger partial charge in [-0.3, -0.25) is 14.8 Å².